The first-order valence-electron chi connectivity index (χ1n) is 9.52. The summed E-state index contributed by atoms with van der Waals surface area (Å²) >= 11 is 6.70. The lowest BCUT2D eigenvalue weighted by Gasteiger charge is -2.06. The van der Waals surface area contributed by atoms with Gasteiger partial charge in [-0.25, -0.2) is 4.79 Å². The third-order valence-electron chi connectivity index (χ3n) is 4.67. The lowest BCUT2D eigenvalue weighted by atomic mass is 10.1. The fraction of sp³-hybridized carbons (Fsp3) is 0.136. The van der Waals surface area contributed by atoms with Crippen molar-refractivity contribution in [2.45, 2.75) is 13.5 Å². The number of carbonyl (C=O) groups excluding carboxylic acids is 3. The van der Waals surface area contributed by atoms with Crippen molar-refractivity contribution >= 4 is 51.4 Å². The molecule has 2 aromatic carbocycles. The highest BCUT2D eigenvalue weighted by atomic mass is 35.5. The van der Waals surface area contributed by atoms with Gasteiger partial charge in [-0.2, -0.15) is 0 Å². The fourth-order valence-electron chi connectivity index (χ4n) is 2.99. The minimum Gasteiger partial charge on any atom is -0.465 e. The van der Waals surface area contributed by atoms with Crippen LogP contribution in [0, 0.1) is 17.0 Å². The Morgan fingerprint density at radius 1 is 1.12 bits per heavy atom. The maximum Gasteiger partial charge on any atom is 0.341 e. The molecule has 9 nitrogen and oxygen atoms in total. The molecule has 11 heteroatoms. The van der Waals surface area contributed by atoms with Crippen LogP contribution < -0.4 is 10.6 Å². The number of nitrogens with one attached hydrogen (secondary N) is 2. The molecule has 3 rings (SSSR count). The number of amides is 2. The van der Waals surface area contributed by atoms with Gasteiger partial charge in [0, 0.05) is 18.2 Å². The van der Waals surface area contributed by atoms with Crippen molar-refractivity contribution in [3.05, 3.63) is 90.8 Å². The number of methoxy groups -OCH3 is 1. The Hall–Kier alpha value is -3.76. The number of thiophene rings is 1. The van der Waals surface area contributed by atoms with E-state index in [1.165, 1.54) is 19.2 Å². The van der Waals surface area contributed by atoms with Gasteiger partial charge in [0.15, 0.2) is 0 Å². The summed E-state index contributed by atoms with van der Waals surface area (Å²) in [5, 5.41) is 16.4. The number of benzene rings is 2. The molecular formula is C22H18ClN3O6S. The Labute approximate surface area is 197 Å². The zero-order valence-corrected chi connectivity index (χ0v) is 19.1. The normalized spacial score (nSPS) is 10.4. The molecule has 0 saturated carbocycles. The van der Waals surface area contributed by atoms with E-state index in [-0.39, 0.29) is 32.6 Å². The third-order valence-corrected chi connectivity index (χ3v) is 6.20. The number of hydrogen-bond acceptors (Lipinski definition) is 7. The SMILES string of the molecule is COC(=O)c1c(NC(=O)c2ccc(Cl)c([N+](=O)[O-])c2)sc(C(=O)NCc2ccccc2)c1C. The molecule has 0 aliphatic heterocycles. The van der Waals surface area contributed by atoms with Crippen LogP contribution in [0.4, 0.5) is 10.7 Å². The average Bonchev–Trinajstić information content (AvgIpc) is 3.13. The van der Waals surface area contributed by atoms with Crippen LogP contribution in [0.3, 0.4) is 0 Å². The minimum absolute atomic E-state index is 0.0316. The van der Waals surface area contributed by atoms with E-state index >= 15 is 0 Å². The molecule has 3 aromatic rings. The van der Waals surface area contributed by atoms with Gasteiger partial charge in [0.1, 0.15) is 10.0 Å². The van der Waals surface area contributed by atoms with E-state index in [1.54, 1.807) is 6.92 Å². The summed E-state index contributed by atoms with van der Waals surface area (Å²) in [6.45, 7) is 1.85. The highest BCUT2D eigenvalue weighted by Crippen LogP contribution is 2.34. The molecule has 1 aromatic heterocycles. The molecule has 0 aliphatic rings. The van der Waals surface area contributed by atoms with Crippen molar-refractivity contribution in [3.63, 3.8) is 0 Å². The van der Waals surface area contributed by atoms with Crippen LogP contribution >= 0.6 is 22.9 Å². The van der Waals surface area contributed by atoms with Crippen LogP contribution in [-0.4, -0.2) is 29.8 Å². The molecule has 0 saturated heterocycles. The monoisotopic (exact) mass is 487 g/mol. The summed E-state index contributed by atoms with van der Waals surface area (Å²) in [5.74, 6) is -1.87. The van der Waals surface area contributed by atoms with Gasteiger partial charge in [-0.15, -0.1) is 11.3 Å². The van der Waals surface area contributed by atoms with Crippen LogP contribution in [-0.2, 0) is 11.3 Å². The minimum atomic E-state index is -0.733. The molecule has 2 amide bonds. The van der Waals surface area contributed by atoms with Gasteiger partial charge in [0.05, 0.1) is 22.5 Å². The van der Waals surface area contributed by atoms with Crippen LogP contribution in [0.5, 0.6) is 0 Å². The predicted octanol–water partition coefficient (Wildman–Crippen LogP) is 4.59. The Kier molecular flexibility index (Phi) is 7.41. The molecule has 0 bridgehead atoms. The zero-order valence-electron chi connectivity index (χ0n) is 17.5. The second kappa shape index (κ2) is 10.2. The third kappa shape index (κ3) is 5.36. The molecule has 0 aliphatic carbocycles. The van der Waals surface area contributed by atoms with Crippen molar-refractivity contribution in [1.82, 2.24) is 5.32 Å². The number of anilines is 1. The molecule has 33 heavy (non-hydrogen) atoms. The average molecular weight is 488 g/mol. The number of nitro groups is 1. The van der Waals surface area contributed by atoms with Gasteiger partial charge in [-0.1, -0.05) is 41.9 Å². The molecule has 1 heterocycles. The quantitative estimate of drug-likeness (QED) is 0.285. The Balaban J connectivity index is 1.89. The smallest absolute Gasteiger partial charge is 0.341 e. The zero-order chi connectivity index (χ0) is 24.1. The van der Waals surface area contributed by atoms with Gasteiger partial charge >= 0.3 is 5.97 Å². The molecule has 170 valence electrons. The molecule has 0 radical (unpaired) electrons. The molecule has 0 atom stereocenters. The lowest BCUT2D eigenvalue weighted by molar-refractivity contribution is -0.384. The number of halogens is 1. The van der Waals surface area contributed by atoms with Gasteiger partial charge in [0.25, 0.3) is 17.5 Å². The number of carbonyl (C=O) groups is 3. The lowest BCUT2D eigenvalue weighted by Crippen LogP contribution is -2.22. The largest absolute Gasteiger partial charge is 0.465 e. The van der Waals surface area contributed by atoms with Crippen molar-refractivity contribution in [3.8, 4) is 0 Å². The molecular weight excluding hydrogens is 470 g/mol. The highest BCUT2D eigenvalue weighted by molar-refractivity contribution is 7.18. The van der Waals surface area contributed by atoms with E-state index < -0.39 is 28.4 Å². The number of rotatable bonds is 7. The second-order valence-corrected chi connectivity index (χ2v) is 8.23. The number of nitro benzene ring substituents is 1. The Bertz CT molecular complexity index is 1240. The van der Waals surface area contributed by atoms with Crippen LogP contribution in [0.2, 0.25) is 5.02 Å². The number of nitrogens with zero attached hydrogens (tertiary/aromatic N) is 1. The van der Waals surface area contributed by atoms with Crippen molar-refractivity contribution in [1.29, 1.82) is 0 Å². The summed E-state index contributed by atoms with van der Waals surface area (Å²) < 4.78 is 4.81. The topological polar surface area (TPSA) is 128 Å². The van der Waals surface area contributed by atoms with Gasteiger partial charge in [-0.05, 0) is 30.2 Å². The predicted molar refractivity (Wildman–Crippen MR) is 124 cm³/mol. The van der Waals surface area contributed by atoms with Gasteiger partial charge in [-0.3, -0.25) is 19.7 Å². The first kappa shape index (κ1) is 23.9. The molecule has 0 spiro atoms. The first-order valence-corrected chi connectivity index (χ1v) is 10.7. The highest BCUT2D eigenvalue weighted by Gasteiger charge is 2.27. The van der Waals surface area contributed by atoms with Crippen LogP contribution in [0.25, 0.3) is 0 Å². The number of ether oxygens (including phenoxy) is 1. The first-order chi connectivity index (χ1) is 15.7. The van der Waals surface area contributed by atoms with Gasteiger partial charge < -0.3 is 15.4 Å². The van der Waals surface area contributed by atoms with E-state index in [4.69, 9.17) is 16.3 Å². The van der Waals surface area contributed by atoms with Crippen LogP contribution in [0.1, 0.15) is 41.5 Å². The van der Waals surface area contributed by atoms with E-state index in [0.29, 0.717) is 5.56 Å². The summed E-state index contributed by atoms with van der Waals surface area (Å²) in [4.78, 5) is 48.5. The van der Waals surface area contributed by atoms with E-state index in [9.17, 15) is 24.5 Å². The van der Waals surface area contributed by atoms with Gasteiger partial charge in [0.2, 0.25) is 0 Å². The Morgan fingerprint density at radius 3 is 2.45 bits per heavy atom. The maximum absolute atomic E-state index is 12.8. The molecule has 0 fully saturated rings. The molecule has 0 unspecified atom stereocenters. The van der Waals surface area contributed by atoms with E-state index in [1.807, 2.05) is 30.3 Å². The summed E-state index contributed by atoms with van der Waals surface area (Å²) in [6, 6.07) is 12.9. The standard InChI is InChI=1S/C22H18ClN3O6S/c1-12-17(22(29)32-2)21(25-19(27)14-8-9-15(23)16(10-14)26(30)31)33-18(12)20(28)24-11-13-6-4-3-5-7-13/h3-10H,11H2,1-2H3,(H,24,28)(H,25,27). The van der Waals surface area contributed by atoms with Crippen molar-refractivity contribution in [2.24, 2.45) is 0 Å². The van der Waals surface area contributed by atoms with E-state index in [0.717, 1.165) is 23.0 Å². The molecule has 2 N–H and O–H groups in total. The maximum atomic E-state index is 12.8. The fourth-order valence-corrected chi connectivity index (χ4v) is 4.29. The second-order valence-electron chi connectivity index (χ2n) is 6.80. The summed E-state index contributed by atoms with van der Waals surface area (Å²) in [6.07, 6.45) is 0. The Morgan fingerprint density at radius 2 is 1.82 bits per heavy atom. The number of hydrogen-bond donors (Lipinski definition) is 2. The summed E-state index contributed by atoms with van der Waals surface area (Å²) in [5.41, 5.74) is 0.800. The van der Waals surface area contributed by atoms with Crippen LogP contribution in [0.15, 0.2) is 48.5 Å². The van der Waals surface area contributed by atoms with Crippen molar-refractivity contribution in [2.75, 3.05) is 12.4 Å². The van der Waals surface area contributed by atoms with E-state index in [2.05, 4.69) is 10.6 Å². The number of esters is 1. The summed E-state index contributed by atoms with van der Waals surface area (Å²) in [7, 11) is 1.18. The van der Waals surface area contributed by atoms with Crippen molar-refractivity contribution < 1.29 is 24.0 Å².